The number of nitro benzene ring substituents is 1. The molecule has 1 aliphatic rings. The molecule has 4 nitrogen and oxygen atoms in total. The molecule has 0 aromatic heterocycles. The van der Waals surface area contributed by atoms with E-state index >= 15 is 0 Å². The zero-order chi connectivity index (χ0) is 12.3. The molecule has 0 unspecified atom stereocenters. The van der Waals surface area contributed by atoms with E-state index in [1.54, 1.807) is 19.1 Å². The quantitative estimate of drug-likeness (QED) is 0.641. The minimum Gasteiger partial charge on any atom is -0.377 e. The van der Waals surface area contributed by atoms with Crippen molar-refractivity contribution >= 4 is 11.4 Å². The van der Waals surface area contributed by atoms with E-state index in [0.717, 1.165) is 18.4 Å². The minimum atomic E-state index is -0.291. The first-order chi connectivity index (χ1) is 8.18. The van der Waals surface area contributed by atoms with Crippen LogP contribution < -0.4 is 5.32 Å². The Labute approximate surface area is 101 Å². The van der Waals surface area contributed by atoms with Crippen molar-refractivity contribution in [2.75, 3.05) is 5.32 Å². The van der Waals surface area contributed by atoms with Crippen LogP contribution in [0.4, 0.5) is 11.4 Å². The van der Waals surface area contributed by atoms with Gasteiger partial charge in [0.05, 0.1) is 4.92 Å². The van der Waals surface area contributed by atoms with Crippen LogP contribution >= 0.6 is 0 Å². The number of nitro groups is 1. The van der Waals surface area contributed by atoms with Crippen molar-refractivity contribution in [3.8, 4) is 0 Å². The molecule has 0 heterocycles. The van der Waals surface area contributed by atoms with Gasteiger partial charge in [-0.05, 0) is 25.8 Å². The molecule has 1 fully saturated rings. The first kappa shape index (κ1) is 11.9. The molecule has 2 rings (SSSR count). The zero-order valence-electron chi connectivity index (χ0n) is 10.1. The summed E-state index contributed by atoms with van der Waals surface area (Å²) in [6, 6.07) is 5.85. The fourth-order valence-electron chi connectivity index (χ4n) is 2.48. The minimum absolute atomic E-state index is 0.220. The number of aryl methyl sites for hydroxylation is 1. The predicted octanol–water partition coefficient (Wildman–Crippen LogP) is 3.65. The van der Waals surface area contributed by atoms with Gasteiger partial charge in [0.15, 0.2) is 0 Å². The lowest BCUT2D eigenvalue weighted by Crippen LogP contribution is -2.22. The van der Waals surface area contributed by atoms with Crippen molar-refractivity contribution in [2.24, 2.45) is 0 Å². The average molecular weight is 234 g/mol. The van der Waals surface area contributed by atoms with Crippen LogP contribution in [0, 0.1) is 17.0 Å². The number of anilines is 1. The maximum Gasteiger partial charge on any atom is 0.295 e. The average Bonchev–Trinajstić information content (AvgIpc) is 2.30. The molecule has 0 spiro atoms. The summed E-state index contributed by atoms with van der Waals surface area (Å²) >= 11 is 0. The topological polar surface area (TPSA) is 55.2 Å². The smallest absolute Gasteiger partial charge is 0.295 e. The second-order valence-electron chi connectivity index (χ2n) is 4.71. The molecule has 4 heteroatoms. The summed E-state index contributed by atoms with van der Waals surface area (Å²) in [6.07, 6.45) is 5.96. The largest absolute Gasteiger partial charge is 0.377 e. The van der Waals surface area contributed by atoms with Crippen LogP contribution in [0.25, 0.3) is 0 Å². The van der Waals surface area contributed by atoms with Crippen LogP contribution in [-0.4, -0.2) is 11.0 Å². The molecule has 1 aliphatic carbocycles. The molecular formula is C13H18N2O2. The standard InChI is InChI=1S/C13H18N2O2/c1-10-6-5-9-12(13(10)15(16)17)14-11-7-3-2-4-8-11/h5-6,9,11,14H,2-4,7-8H2,1H3. The van der Waals surface area contributed by atoms with Gasteiger partial charge < -0.3 is 5.32 Å². The summed E-state index contributed by atoms with van der Waals surface area (Å²) in [5.41, 5.74) is 1.61. The number of benzene rings is 1. The SMILES string of the molecule is Cc1cccc(NC2CCCCC2)c1[N+](=O)[O-]. The number of para-hydroxylation sites is 1. The van der Waals surface area contributed by atoms with Crippen LogP contribution in [0.3, 0.4) is 0 Å². The fraction of sp³-hybridized carbons (Fsp3) is 0.538. The number of hydrogen-bond acceptors (Lipinski definition) is 3. The van der Waals surface area contributed by atoms with Crippen molar-refractivity contribution in [1.82, 2.24) is 0 Å². The highest BCUT2D eigenvalue weighted by atomic mass is 16.6. The van der Waals surface area contributed by atoms with E-state index in [0.29, 0.717) is 11.7 Å². The summed E-state index contributed by atoms with van der Waals surface area (Å²) in [4.78, 5) is 10.8. The third kappa shape index (κ3) is 2.75. The lowest BCUT2D eigenvalue weighted by atomic mass is 9.95. The highest BCUT2D eigenvalue weighted by Crippen LogP contribution is 2.30. The molecular weight excluding hydrogens is 216 g/mol. The maximum absolute atomic E-state index is 11.0. The summed E-state index contributed by atoms with van der Waals surface area (Å²) in [6.45, 7) is 1.78. The molecule has 0 aliphatic heterocycles. The van der Waals surface area contributed by atoms with Gasteiger partial charge >= 0.3 is 0 Å². The van der Waals surface area contributed by atoms with Gasteiger partial charge in [-0.1, -0.05) is 31.4 Å². The number of nitrogens with zero attached hydrogens (tertiary/aromatic N) is 1. The second kappa shape index (κ2) is 5.17. The summed E-state index contributed by atoms with van der Waals surface area (Å²) in [5, 5.41) is 14.4. The molecule has 0 saturated heterocycles. The van der Waals surface area contributed by atoms with Gasteiger partial charge in [0.1, 0.15) is 5.69 Å². The molecule has 1 aromatic rings. The lowest BCUT2D eigenvalue weighted by molar-refractivity contribution is -0.384. The summed E-state index contributed by atoms with van der Waals surface area (Å²) < 4.78 is 0. The molecule has 1 aromatic carbocycles. The number of rotatable bonds is 3. The Morgan fingerprint density at radius 1 is 1.29 bits per heavy atom. The normalized spacial score (nSPS) is 16.8. The number of nitrogens with one attached hydrogen (secondary N) is 1. The lowest BCUT2D eigenvalue weighted by Gasteiger charge is -2.23. The van der Waals surface area contributed by atoms with E-state index in [4.69, 9.17) is 0 Å². The first-order valence-corrected chi connectivity index (χ1v) is 6.19. The number of hydrogen-bond donors (Lipinski definition) is 1. The van der Waals surface area contributed by atoms with Gasteiger partial charge in [-0.2, -0.15) is 0 Å². The molecule has 92 valence electrons. The molecule has 0 amide bonds. The van der Waals surface area contributed by atoms with Crippen molar-refractivity contribution in [3.63, 3.8) is 0 Å². The molecule has 0 atom stereocenters. The van der Waals surface area contributed by atoms with Crippen LogP contribution in [-0.2, 0) is 0 Å². The first-order valence-electron chi connectivity index (χ1n) is 6.19. The highest BCUT2D eigenvalue weighted by molar-refractivity contribution is 5.65. The van der Waals surface area contributed by atoms with Crippen molar-refractivity contribution in [2.45, 2.75) is 45.1 Å². The van der Waals surface area contributed by atoms with Gasteiger partial charge in [-0.25, -0.2) is 0 Å². The van der Waals surface area contributed by atoms with Gasteiger partial charge in [0.25, 0.3) is 5.69 Å². The van der Waals surface area contributed by atoms with Crippen molar-refractivity contribution < 1.29 is 4.92 Å². The van der Waals surface area contributed by atoms with Crippen LogP contribution in [0.1, 0.15) is 37.7 Å². The molecule has 0 radical (unpaired) electrons. The van der Waals surface area contributed by atoms with Gasteiger partial charge in [0.2, 0.25) is 0 Å². The zero-order valence-corrected chi connectivity index (χ0v) is 10.1. The van der Waals surface area contributed by atoms with Gasteiger partial charge in [-0.3, -0.25) is 10.1 Å². The van der Waals surface area contributed by atoms with E-state index in [2.05, 4.69) is 5.32 Å². The Morgan fingerprint density at radius 2 is 2.00 bits per heavy atom. The van der Waals surface area contributed by atoms with E-state index in [-0.39, 0.29) is 10.6 Å². The van der Waals surface area contributed by atoms with Crippen LogP contribution in [0.2, 0.25) is 0 Å². The molecule has 1 N–H and O–H groups in total. The molecule has 0 bridgehead atoms. The molecule has 17 heavy (non-hydrogen) atoms. The maximum atomic E-state index is 11.0. The van der Waals surface area contributed by atoms with E-state index in [1.807, 2.05) is 6.07 Å². The molecule has 1 saturated carbocycles. The fourth-order valence-corrected chi connectivity index (χ4v) is 2.48. The summed E-state index contributed by atoms with van der Waals surface area (Å²) in [7, 11) is 0. The highest BCUT2D eigenvalue weighted by Gasteiger charge is 2.20. The third-order valence-electron chi connectivity index (χ3n) is 3.39. The Balaban J connectivity index is 2.19. The monoisotopic (exact) mass is 234 g/mol. The van der Waals surface area contributed by atoms with E-state index < -0.39 is 0 Å². The Morgan fingerprint density at radius 3 is 2.65 bits per heavy atom. The van der Waals surface area contributed by atoms with Crippen LogP contribution in [0.5, 0.6) is 0 Å². The Hall–Kier alpha value is -1.58. The Bertz CT molecular complexity index is 412. The third-order valence-corrected chi connectivity index (χ3v) is 3.39. The van der Waals surface area contributed by atoms with Crippen LogP contribution in [0.15, 0.2) is 18.2 Å². The predicted molar refractivity (Wildman–Crippen MR) is 68.3 cm³/mol. The van der Waals surface area contributed by atoms with Gasteiger partial charge in [-0.15, -0.1) is 0 Å². The van der Waals surface area contributed by atoms with E-state index in [9.17, 15) is 10.1 Å². The second-order valence-corrected chi connectivity index (χ2v) is 4.71. The summed E-state index contributed by atoms with van der Waals surface area (Å²) in [5.74, 6) is 0. The van der Waals surface area contributed by atoms with Crippen molar-refractivity contribution in [3.05, 3.63) is 33.9 Å². The van der Waals surface area contributed by atoms with Gasteiger partial charge in [0, 0.05) is 11.6 Å². The van der Waals surface area contributed by atoms with Crippen molar-refractivity contribution in [1.29, 1.82) is 0 Å². The van der Waals surface area contributed by atoms with E-state index in [1.165, 1.54) is 19.3 Å². The Kier molecular flexibility index (Phi) is 3.61.